The zero-order chi connectivity index (χ0) is 12.3. The van der Waals surface area contributed by atoms with Crippen molar-refractivity contribution in [3.8, 4) is 0 Å². The Morgan fingerprint density at radius 2 is 1.83 bits per heavy atom. The summed E-state index contributed by atoms with van der Waals surface area (Å²) in [5.74, 6) is 0. The van der Waals surface area contributed by atoms with Crippen molar-refractivity contribution in [3.63, 3.8) is 0 Å². The molecule has 0 amide bonds. The van der Waals surface area contributed by atoms with E-state index in [1.54, 1.807) is 12.1 Å². The number of piperazine rings is 1. The topological polar surface area (TPSA) is 15.3 Å². The molecular weight excluding hydrogens is 285 g/mol. The number of nitrogens with one attached hydrogen (secondary N) is 1. The van der Waals surface area contributed by atoms with Crippen molar-refractivity contribution in [1.29, 1.82) is 0 Å². The number of anilines is 1. The van der Waals surface area contributed by atoms with E-state index in [1.807, 2.05) is 6.07 Å². The van der Waals surface area contributed by atoms with Crippen LogP contribution in [0, 0.1) is 0 Å². The van der Waals surface area contributed by atoms with Crippen LogP contribution in [0.4, 0.5) is 18.9 Å². The lowest BCUT2D eigenvalue weighted by molar-refractivity contribution is -0.0328. The van der Waals surface area contributed by atoms with E-state index in [0.29, 0.717) is 0 Å². The Morgan fingerprint density at radius 3 is 2.44 bits per heavy atom. The highest BCUT2D eigenvalue weighted by Crippen LogP contribution is 2.37. The van der Waals surface area contributed by atoms with Crippen LogP contribution in [0.5, 0.6) is 0 Å². The van der Waals surface area contributed by atoms with E-state index < -0.39 is 5.51 Å². The summed E-state index contributed by atoms with van der Waals surface area (Å²) in [6.45, 7) is 3.41. The van der Waals surface area contributed by atoms with Crippen molar-refractivity contribution in [1.82, 2.24) is 5.32 Å². The van der Waals surface area contributed by atoms with Gasteiger partial charge in [-0.2, -0.15) is 13.2 Å². The van der Waals surface area contributed by atoms with Crippen LogP contribution >= 0.6 is 24.2 Å². The van der Waals surface area contributed by atoms with Gasteiger partial charge in [0.1, 0.15) is 0 Å². The predicted molar refractivity (Wildman–Crippen MR) is 70.7 cm³/mol. The molecule has 0 spiro atoms. The summed E-state index contributed by atoms with van der Waals surface area (Å²) in [5, 5.41) is 3.21. The van der Waals surface area contributed by atoms with Crippen LogP contribution in [-0.2, 0) is 0 Å². The number of halogens is 4. The van der Waals surface area contributed by atoms with Gasteiger partial charge >= 0.3 is 5.51 Å². The van der Waals surface area contributed by atoms with Crippen molar-refractivity contribution >= 4 is 29.9 Å². The van der Waals surface area contributed by atoms with Gasteiger partial charge in [0.25, 0.3) is 0 Å². The fourth-order valence-corrected chi connectivity index (χ4v) is 2.39. The van der Waals surface area contributed by atoms with Crippen molar-refractivity contribution in [2.75, 3.05) is 31.1 Å². The maximum atomic E-state index is 12.3. The summed E-state index contributed by atoms with van der Waals surface area (Å²) in [7, 11) is 0. The molecule has 0 unspecified atom stereocenters. The molecule has 1 aromatic carbocycles. The van der Waals surface area contributed by atoms with E-state index in [2.05, 4.69) is 10.2 Å². The number of rotatable bonds is 2. The average Bonchev–Trinajstić information content (AvgIpc) is 2.28. The molecule has 0 aromatic heterocycles. The maximum absolute atomic E-state index is 12.3. The molecule has 0 aliphatic carbocycles. The number of thioether (sulfide) groups is 1. The first-order valence-electron chi connectivity index (χ1n) is 5.36. The lowest BCUT2D eigenvalue weighted by atomic mass is 10.2. The average molecular weight is 299 g/mol. The fraction of sp³-hybridized carbons (Fsp3) is 0.455. The third-order valence-corrected chi connectivity index (χ3v) is 3.25. The minimum atomic E-state index is -4.22. The molecule has 0 saturated carbocycles. The van der Waals surface area contributed by atoms with Crippen LogP contribution in [0.25, 0.3) is 0 Å². The lowest BCUT2D eigenvalue weighted by Crippen LogP contribution is -2.43. The van der Waals surface area contributed by atoms with Crippen molar-refractivity contribution in [3.05, 3.63) is 24.3 Å². The highest BCUT2D eigenvalue weighted by Gasteiger charge is 2.29. The Hall–Kier alpha value is -0.590. The van der Waals surface area contributed by atoms with Gasteiger partial charge in [-0.1, -0.05) is 6.07 Å². The normalized spacial score (nSPS) is 16.3. The van der Waals surface area contributed by atoms with Crippen LogP contribution in [0.3, 0.4) is 0 Å². The van der Waals surface area contributed by atoms with Gasteiger partial charge in [0.2, 0.25) is 0 Å². The van der Waals surface area contributed by atoms with Gasteiger partial charge in [-0.05, 0) is 30.0 Å². The van der Waals surface area contributed by atoms with Crippen LogP contribution in [-0.4, -0.2) is 31.7 Å². The van der Waals surface area contributed by atoms with Gasteiger partial charge in [0.05, 0.1) is 0 Å². The minimum absolute atomic E-state index is 0. The Kier molecular flexibility index (Phi) is 5.62. The molecule has 102 valence electrons. The quantitative estimate of drug-likeness (QED) is 0.845. The molecule has 0 radical (unpaired) electrons. The van der Waals surface area contributed by atoms with Gasteiger partial charge < -0.3 is 10.2 Å². The summed E-state index contributed by atoms with van der Waals surface area (Å²) in [6.07, 6.45) is 0. The Morgan fingerprint density at radius 1 is 1.17 bits per heavy atom. The number of benzene rings is 1. The molecule has 1 saturated heterocycles. The van der Waals surface area contributed by atoms with Gasteiger partial charge in [0.15, 0.2) is 0 Å². The summed E-state index contributed by atoms with van der Waals surface area (Å²) in [6, 6.07) is 6.62. The van der Waals surface area contributed by atoms with Gasteiger partial charge in [0, 0.05) is 36.8 Å². The molecule has 1 N–H and O–H groups in total. The molecule has 1 heterocycles. The summed E-state index contributed by atoms with van der Waals surface area (Å²) >= 11 is -0.0634. The third kappa shape index (κ3) is 4.59. The molecule has 0 atom stereocenters. The van der Waals surface area contributed by atoms with E-state index in [9.17, 15) is 13.2 Å². The minimum Gasteiger partial charge on any atom is -0.369 e. The molecule has 2 nitrogen and oxygen atoms in total. The molecule has 1 aliphatic rings. The van der Waals surface area contributed by atoms with Crippen molar-refractivity contribution in [2.45, 2.75) is 10.4 Å². The second-order valence-electron chi connectivity index (χ2n) is 3.78. The van der Waals surface area contributed by atoms with E-state index in [1.165, 1.54) is 6.07 Å². The van der Waals surface area contributed by atoms with Crippen molar-refractivity contribution < 1.29 is 13.2 Å². The standard InChI is InChI=1S/C11H13F3N2S.ClH/c12-11(13,14)17-10-3-1-2-9(8-10)16-6-4-15-5-7-16;/h1-3,8,15H,4-7H2;1H. The predicted octanol–water partition coefficient (Wildman–Crippen LogP) is 3.13. The smallest absolute Gasteiger partial charge is 0.369 e. The highest BCUT2D eigenvalue weighted by molar-refractivity contribution is 8.00. The molecular formula is C11H14ClF3N2S. The zero-order valence-electron chi connectivity index (χ0n) is 9.54. The summed E-state index contributed by atoms with van der Waals surface area (Å²) in [5.41, 5.74) is -3.36. The molecule has 7 heteroatoms. The lowest BCUT2D eigenvalue weighted by Gasteiger charge is -2.29. The first kappa shape index (κ1) is 15.5. The first-order chi connectivity index (χ1) is 8.04. The van der Waals surface area contributed by atoms with Gasteiger partial charge in [-0.25, -0.2) is 0 Å². The monoisotopic (exact) mass is 298 g/mol. The van der Waals surface area contributed by atoms with Crippen LogP contribution < -0.4 is 10.2 Å². The number of alkyl halides is 3. The number of hydrogen-bond donors (Lipinski definition) is 1. The second-order valence-corrected chi connectivity index (χ2v) is 4.92. The summed E-state index contributed by atoms with van der Waals surface area (Å²) < 4.78 is 36.8. The highest BCUT2D eigenvalue weighted by atomic mass is 35.5. The largest absolute Gasteiger partial charge is 0.446 e. The maximum Gasteiger partial charge on any atom is 0.446 e. The number of hydrogen-bond acceptors (Lipinski definition) is 3. The van der Waals surface area contributed by atoms with E-state index >= 15 is 0 Å². The van der Waals surface area contributed by atoms with Gasteiger partial charge in [-0.3, -0.25) is 0 Å². The molecule has 1 fully saturated rings. The SMILES string of the molecule is Cl.FC(F)(F)Sc1cccc(N2CCNCC2)c1. The van der Waals surface area contributed by atoms with E-state index in [0.717, 1.165) is 31.9 Å². The molecule has 2 rings (SSSR count). The molecule has 1 aliphatic heterocycles. The van der Waals surface area contributed by atoms with Crippen molar-refractivity contribution in [2.24, 2.45) is 0 Å². The third-order valence-electron chi connectivity index (χ3n) is 2.53. The van der Waals surface area contributed by atoms with E-state index in [4.69, 9.17) is 0 Å². The molecule has 1 aromatic rings. The summed E-state index contributed by atoms with van der Waals surface area (Å²) in [4.78, 5) is 2.34. The zero-order valence-corrected chi connectivity index (χ0v) is 11.2. The molecule has 0 bridgehead atoms. The Balaban J connectivity index is 0.00000162. The van der Waals surface area contributed by atoms with Crippen LogP contribution in [0.1, 0.15) is 0 Å². The van der Waals surface area contributed by atoms with Crippen LogP contribution in [0.15, 0.2) is 29.2 Å². The van der Waals surface area contributed by atoms with Gasteiger partial charge in [-0.15, -0.1) is 12.4 Å². The molecule has 18 heavy (non-hydrogen) atoms. The fourth-order valence-electron chi connectivity index (χ4n) is 1.80. The second kappa shape index (κ2) is 6.54. The first-order valence-corrected chi connectivity index (χ1v) is 6.18. The Labute approximate surface area is 114 Å². The Bertz CT molecular complexity index is 381. The van der Waals surface area contributed by atoms with Crippen LogP contribution in [0.2, 0.25) is 0 Å². The number of nitrogens with zero attached hydrogens (tertiary/aromatic N) is 1. The van der Waals surface area contributed by atoms with E-state index in [-0.39, 0.29) is 29.1 Å².